The molecule has 1 N–H and O–H groups in total. The predicted molar refractivity (Wildman–Crippen MR) is 71.3 cm³/mol. The van der Waals surface area contributed by atoms with Gasteiger partial charge in [-0.1, -0.05) is 11.6 Å². The van der Waals surface area contributed by atoms with Gasteiger partial charge in [0, 0.05) is 17.5 Å². The van der Waals surface area contributed by atoms with Crippen molar-refractivity contribution in [3.05, 3.63) is 21.3 Å². The molecule has 1 unspecified atom stereocenters. The maximum absolute atomic E-state index is 6.13. The summed E-state index contributed by atoms with van der Waals surface area (Å²) in [5.41, 5.74) is 0. The summed E-state index contributed by atoms with van der Waals surface area (Å²) in [7, 11) is 2.21. The lowest BCUT2D eigenvalue weighted by Crippen LogP contribution is -2.31. The normalized spacial score (nSPS) is 22.3. The minimum Gasteiger partial charge on any atom is -0.317 e. The van der Waals surface area contributed by atoms with Crippen LogP contribution in [0.25, 0.3) is 0 Å². The first kappa shape index (κ1) is 12.4. The Kier molecular flexibility index (Phi) is 4.65. The van der Waals surface area contributed by atoms with E-state index in [1.54, 1.807) is 11.3 Å². The third kappa shape index (κ3) is 3.20. The monoisotopic (exact) mass is 258 g/mol. The van der Waals surface area contributed by atoms with Gasteiger partial charge in [0.1, 0.15) is 0 Å². The molecule has 1 atom stereocenters. The van der Waals surface area contributed by atoms with Gasteiger partial charge in [-0.15, -0.1) is 11.3 Å². The second-order valence-corrected chi connectivity index (χ2v) is 5.85. The highest BCUT2D eigenvalue weighted by Crippen LogP contribution is 2.25. The highest BCUT2D eigenvalue weighted by molar-refractivity contribution is 7.10. The molecular formula is C12H19ClN2S. The molecule has 4 heteroatoms. The smallest absolute Gasteiger partial charge is 0.0558 e. The molecule has 1 aromatic rings. The van der Waals surface area contributed by atoms with E-state index in [1.807, 2.05) is 6.07 Å². The maximum Gasteiger partial charge on any atom is 0.0558 e. The standard InChI is InChI=1S/C12H19ClN2S/c1-15(9-12-11(13)5-8-16-12)10-3-2-6-14-7-4-10/h5,8,10,14H,2-4,6-7,9H2,1H3. The maximum atomic E-state index is 6.13. The van der Waals surface area contributed by atoms with Gasteiger partial charge in [-0.3, -0.25) is 4.90 Å². The summed E-state index contributed by atoms with van der Waals surface area (Å²) in [5, 5.41) is 6.44. The van der Waals surface area contributed by atoms with Crippen molar-refractivity contribution in [2.45, 2.75) is 31.8 Å². The molecule has 1 fully saturated rings. The zero-order valence-electron chi connectivity index (χ0n) is 9.71. The minimum atomic E-state index is 0.702. The number of thiophene rings is 1. The van der Waals surface area contributed by atoms with E-state index in [0.29, 0.717) is 6.04 Å². The SMILES string of the molecule is CN(Cc1sccc1Cl)C1CCCNCC1. The van der Waals surface area contributed by atoms with Crippen LogP contribution in [0.3, 0.4) is 0 Å². The number of nitrogens with zero attached hydrogens (tertiary/aromatic N) is 1. The fraction of sp³-hybridized carbons (Fsp3) is 0.667. The largest absolute Gasteiger partial charge is 0.317 e. The molecule has 2 heterocycles. The molecule has 0 spiro atoms. The van der Waals surface area contributed by atoms with Gasteiger partial charge in [-0.05, 0) is 50.8 Å². The highest BCUT2D eigenvalue weighted by atomic mass is 35.5. The van der Waals surface area contributed by atoms with Crippen molar-refractivity contribution >= 4 is 22.9 Å². The number of hydrogen-bond acceptors (Lipinski definition) is 3. The Hall–Kier alpha value is -0.0900. The average molecular weight is 259 g/mol. The lowest BCUT2D eigenvalue weighted by atomic mass is 10.1. The Bertz CT molecular complexity index is 319. The average Bonchev–Trinajstić information content (AvgIpc) is 2.57. The predicted octanol–water partition coefficient (Wildman–Crippen LogP) is 2.98. The van der Waals surface area contributed by atoms with E-state index in [4.69, 9.17) is 11.6 Å². The Morgan fingerprint density at radius 3 is 3.12 bits per heavy atom. The van der Waals surface area contributed by atoms with Gasteiger partial charge in [0.25, 0.3) is 0 Å². The van der Waals surface area contributed by atoms with Crippen molar-refractivity contribution in [2.75, 3.05) is 20.1 Å². The first-order valence-corrected chi connectivity index (χ1v) is 7.16. The van der Waals surface area contributed by atoms with Crippen molar-refractivity contribution in [1.29, 1.82) is 0 Å². The van der Waals surface area contributed by atoms with Crippen molar-refractivity contribution in [3.63, 3.8) is 0 Å². The summed E-state index contributed by atoms with van der Waals surface area (Å²) in [6.07, 6.45) is 3.83. The van der Waals surface area contributed by atoms with Crippen LogP contribution in [-0.2, 0) is 6.54 Å². The molecule has 1 aliphatic rings. The van der Waals surface area contributed by atoms with Crippen LogP contribution in [0.2, 0.25) is 5.02 Å². The molecule has 0 radical (unpaired) electrons. The number of nitrogens with one attached hydrogen (secondary N) is 1. The summed E-state index contributed by atoms with van der Waals surface area (Å²) < 4.78 is 0. The Morgan fingerprint density at radius 2 is 2.38 bits per heavy atom. The molecule has 2 nitrogen and oxygen atoms in total. The molecule has 1 aliphatic heterocycles. The van der Waals surface area contributed by atoms with Gasteiger partial charge in [-0.2, -0.15) is 0 Å². The molecule has 0 aromatic carbocycles. The Labute approximate surface area is 107 Å². The van der Waals surface area contributed by atoms with E-state index in [9.17, 15) is 0 Å². The lowest BCUT2D eigenvalue weighted by Gasteiger charge is -2.26. The van der Waals surface area contributed by atoms with Crippen LogP contribution < -0.4 is 5.32 Å². The van der Waals surface area contributed by atoms with Crippen LogP contribution in [-0.4, -0.2) is 31.1 Å². The zero-order valence-corrected chi connectivity index (χ0v) is 11.3. The first-order chi connectivity index (χ1) is 7.77. The fourth-order valence-corrected chi connectivity index (χ4v) is 3.39. The molecule has 0 bridgehead atoms. The Morgan fingerprint density at radius 1 is 1.50 bits per heavy atom. The van der Waals surface area contributed by atoms with E-state index in [0.717, 1.165) is 18.1 Å². The van der Waals surface area contributed by atoms with E-state index in [1.165, 1.54) is 30.7 Å². The number of halogens is 1. The van der Waals surface area contributed by atoms with Crippen molar-refractivity contribution in [2.24, 2.45) is 0 Å². The highest BCUT2D eigenvalue weighted by Gasteiger charge is 2.17. The zero-order chi connectivity index (χ0) is 11.4. The van der Waals surface area contributed by atoms with Gasteiger partial charge >= 0.3 is 0 Å². The lowest BCUT2D eigenvalue weighted by molar-refractivity contribution is 0.218. The molecular weight excluding hydrogens is 240 g/mol. The van der Waals surface area contributed by atoms with E-state index in [2.05, 4.69) is 22.6 Å². The summed E-state index contributed by atoms with van der Waals surface area (Å²) in [6, 6.07) is 2.69. The van der Waals surface area contributed by atoms with Crippen LogP contribution in [0.15, 0.2) is 11.4 Å². The topological polar surface area (TPSA) is 15.3 Å². The van der Waals surface area contributed by atoms with E-state index >= 15 is 0 Å². The van der Waals surface area contributed by atoms with Crippen molar-refractivity contribution in [1.82, 2.24) is 10.2 Å². The van der Waals surface area contributed by atoms with Crippen LogP contribution in [0, 0.1) is 0 Å². The van der Waals surface area contributed by atoms with Crippen LogP contribution in [0.4, 0.5) is 0 Å². The van der Waals surface area contributed by atoms with E-state index < -0.39 is 0 Å². The molecule has 2 rings (SSSR count). The molecule has 1 saturated heterocycles. The summed E-state index contributed by atoms with van der Waals surface area (Å²) in [4.78, 5) is 3.74. The van der Waals surface area contributed by atoms with Crippen LogP contribution in [0.1, 0.15) is 24.1 Å². The Balaban J connectivity index is 1.91. The molecule has 0 aliphatic carbocycles. The number of hydrogen-bond donors (Lipinski definition) is 1. The van der Waals surface area contributed by atoms with Crippen molar-refractivity contribution < 1.29 is 0 Å². The minimum absolute atomic E-state index is 0.702. The van der Waals surface area contributed by atoms with Crippen molar-refractivity contribution in [3.8, 4) is 0 Å². The second kappa shape index (κ2) is 6.01. The second-order valence-electron chi connectivity index (χ2n) is 4.44. The van der Waals surface area contributed by atoms with Gasteiger partial charge in [0.15, 0.2) is 0 Å². The van der Waals surface area contributed by atoms with Gasteiger partial charge in [0.05, 0.1) is 5.02 Å². The summed E-state index contributed by atoms with van der Waals surface area (Å²) in [5.74, 6) is 0. The van der Waals surface area contributed by atoms with Crippen LogP contribution >= 0.6 is 22.9 Å². The summed E-state index contributed by atoms with van der Waals surface area (Å²) in [6.45, 7) is 3.30. The third-order valence-corrected chi connectivity index (χ3v) is 4.62. The van der Waals surface area contributed by atoms with Gasteiger partial charge < -0.3 is 5.32 Å². The summed E-state index contributed by atoms with van der Waals surface area (Å²) >= 11 is 7.88. The molecule has 90 valence electrons. The quantitative estimate of drug-likeness (QED) is 0.897. The van der Waals surface area contributed by atoms with Gasteiger partial charge in [0.2, 0.25) is 0 Å². The van der Waals surface area contributed by atoms with Gasteiger partial charge in [-0.25, -0.2) is 0 Å². The third-order valence-electron chi connectivity index (χ3n) is 3.25. The first-order valence-electron chi connectivity index (χ1n) is 5.90. The molecule has 0 amide bonds. The number of rotatable bonds is 3. The van der Waals surface area contributed by atoms with E-state index in [-0.39, 0.29) is 0 Å². The van der Waals surface area contributed by atoms with Crippen LogP contribution in [0.5, 0.6) is 0 Å². The molecule has 16 heavy (non-hydrogen) atoms. The molecule has 1 aromatic heterocycles. The fourth-order valence-electron chi connectivity index (χ4n) is 2.24. The molecule has 0 saturated carbocycles.